The van der Waals surface area contributed by atoms with Crippen LogP contribution in [-0.4, -0.2) is 48.0 Å². The number of hydrogen-bond acceptors (Lipinski definition) is 4. The SMILES string of the molecule is CC1CC(B2OC(C)(C)C(C)(C)O2)CN(C(=O)OC(C)(C)C)C1. The van der Waals surface area contributed by atoms with Crippen molar-refractivity contribution in [2.75, 3.05) is 13.1 Å². The average Bonchev–Trinajstić information content (AvgIpc) is 2.55. The van der Waals surface area contributed by atoms with Crippen molar-refractivity contribution in [2.45, 2.75) is 84.4 Å². The van der Waals surface area contributed by atoms with Gasteiger partial charge in [-0.25, -0.2) is 4.79 Å². The van der Waals surface area contributed by atoms with Gasteiger partial charge in [0.25, 0.3) is 0 Å². The van der Waals surface area contributed by atoms with Gasteiger partial charge in [-0.1, -0.05) is 6.92 Å². The van der Waals surface area contributed by atoms with Gasteiger partial charge >= 0.3 is 13.2 Å². The first kappa shape index (κ1) is 18.6. The van der Waals surface area contributed by atoms with E-state index in [4.69, 9.17) is 14.0 Å². The Hall–Kier alpha value is -0.745. The zero-order chi connectivity index (χ0) is 17.6. The van der Waals surface area contributed by atoms with Gasteiger partial charge in [0, 0.05) is 18.9 Å². The first-order valence-electron chi connectivity index (χ1n) is 8.64. The van der Waals surface area contributed by atoms with E-state index in [1.165, 1.54) is 0 Å². The van der Waals surface area contributed by atoms with Gasteiger partial charge in [0.15, 0.2) is 0 Å². The second kappa shape index (κ2) is 5.96. The molecule has 0 bridgehead atoms. The number of hydrogen-bond donors (Lipinski definition) is 0. The molecule has 132 valence electrons. The van der Waals surface area contributed by atoms with Crippen LogP contribution in [0.3, 0.4) is 0 Å². The van der Waals surface area contributed by atoms with Gasteiger partial charge in [-0.05, 0) is 60.8 Å². The first-order valence-corrected chi connectivity index (χ1v) is 8.64. The normalized spacial score (nSPS) is 30.4. The molecular weight excluding hydrogens is 293 g/mol. The van der Waals surface area contributed by atoms with Gasteiger partial charge in [-0.15, -0.1) is 0 Å². The van der Waals surface area contributed by atoms with Crippen molar-refractivity contribution in [3.63, 3.8) is 0 Å². The second-order valence-corrected chi connectivity index (χ2v) is 9.11. The van der Waals surface area contributed by atoms with Crippen LogP contribution in [0.15, 0.2) is 0 Å². The Balaban J connectivity index is 2.06. The van der Waals surface area contributed by atoms with E-state index in [1.807, 2.05) is 20.8 Å². The van der Waals surface area contributed by atoms with Crippen molar-refractivity contribution in [2.24, 2.45) is 5.92 Å². The van der Waals surface area contributed by atoms with Gasteiger partial charge in [0.2, 0.25) is 0 Å². The van der Waals surface area contributed by atoms with Crippen LogP contribution in [0.2, 0.25) is 5.82 Å². The number of amides is 1. The van der Waals surface area contributed by atoms with E-state index in [2.05, 4.69) is 34.6 Å². The molecule has 2 unspecified atom stereocenters. The predicted octanol–water partition coefficient (Wildman–Crippen LogP) is 3.73. The lowest BCUT2D eigenvalue weighted by molar-refractivity contribution is 0.00578. The van der Waals surface area contributed by atoms with Crippen LogP contribution in [0.5, 0.6) is 0 Å². The molecular formula is C17H32BNO4. The average molecular weight is 325 g/mol. The number of carbonyl (C=O) groups excluding carboxylic acids is 1. The maximum absolute atomic E-state index is 12.4. The Labute approximate surface area is 141 Å². The number of ether oxygens (including phenoxy) is 1. The smallest absolute Gasteiger partial charge is 0.444 e. The summed E-state index contributed by atoms with van der Waals surface area (Å²) >= 11 is 0. The molecule has 0 aromatic heterocycles. The van der Waals surface area contributed by atoms with Crippen molar-refractivity contribution in [3.8, 4) is 0 Å². The van der Waals surface area contributed by atoms with Crippen LogP contribution >= 0.6 is 0 Å². The molecule has 0 spiro atoms. The van der Waals surface area contributed by atoms with Crippen LogP contribution in [0.25, 0.3) is 0 Å². The summed E-state index contributed by atoms with van der Waals surface area (Å²) in [6, 6.07) is 0. The summed E-state index contributed by atoms with van der Waals surface area (Å²) in [5, 5.41) is 0. The van der Waals surface area contributed by atoms with Crippen LogP contribution < -0.4 is 0 Å². The minimum atomic E-state index is -0.475. The van der Waals surface area contributed by atoms with Crippen LogP contribution in [0.1, 0.15) is 61.8 Å². The lowest BCUT2D eigenvalue weighted by Crippen LogP contribution is -2.47. The number of piperidine rings is 1. The maximum Gasteiger partial charge on any atom is 0.462 e. The highest BCUT2D eigenvalue weighted by Crippen LogP contribution is 2.42. The molecule has 1 amide bonds. The Morgan fingerprint density at radius 2 is 1.65 bits per heavy atom. The molecule has 2 aliphatic heterocycles. The molecule has 0 aromatic rings. The molecule has 0 radical (unpaired) electrons. The summed E-state index contributed by atoms with van der Waals surface area (Å²) in [5.74, 6) is 0.576. The topological polar surface area (TPSA) is 48.0 Å². The van der Waals surface area contributed by atoms with Crippen molar-refractivity contribution < 1.29 is 18.8 Å². The summed E-state index contributed by atoms with van der Waals surface area (Å²) in [7, 11) is -0.271. The number of nitrogens with zero attached hydrogens (tertiary/aromatic N) is 1. The van der Waals surface area contributed by atoms with E-state index < -0.39 is 5.60 Å². The third-order valence-corrected chi connectivity index (χ3v) is 5.00. The standard InChI is InChI=1S/C17H32BNO4/c1-12-9-13(18-22-16(5,6)17(7,8)23-18)11-19(10-12)14(20)21-15(2,3)4/h12-13H,9-11H2,1-8H3. The number of carbonyl (C=O) groups is 1. The molecule has 2 heterocycles. The Morgan fingerprint density at radius 1 is 1.13 bits per heavy atom. The summed E-state index contributed by atoms with van der Waals surface area (Å²) in [6.45, 7) is 17.4. The molecule has 2 saturated heterocycles. The largest absolute Gasteiger partial charge is 0.462 e. The summed E-state index contributed by atoms with van der Waals surface area (Å²) in [4.78, 5) is 14.2. The molecule has 6 heteroatoms. The highest BCUT2D eigenvalue weighted by Gasteiger charge is 2.54. The van der Waals surface area contributed by atoms with Crippen LogP contribution in [0.4, 0.5) is 4.79 Å². The van der Waals surface area contributed by atoms with Gasteiger partial charge in [0.1, 0.15) is 5.60 Å². The fourth-order valence-corrected chi connectivity index (χ4v) is 3.15. The minimum absolute atomic E-state index is 0.173. The lowest BCUT2D eigenvalue weighted by atomic mass is 9.66. The van der Waals surface area contributed by atoms with E-state index in [1.54, 1.807) is 4.90 Å². The molecule has 0 aromatic carbocycles. The van der Waals surface area contributed by atoms with Gasteiger partial charge in [-0.3, -0.25) is 0 Å². The summed E-state index contributed by atoms with van der Waals surface area (Å²) in [6.07, 6.45) is 0.751. The highest BCUT2D eigenvalue weighted by atomic mass is 16.7. The molecule has 0 saturated carbocycles. The third kappa shape index (κ3) is 4.21. The van der Waals surface area contributed by atoms with Gasteiger partial charge in [-0.2, -0.15) is 0 Å². The van der Waals surface area contributed by atoms with Crippen molar-refractivity contribution in [1.82, 2.24) is 4.90 Å². The molecule has 2 fully saturated rings. The minimum Gasteiger partial charge on any atom is -0.444 e. The number of likely N-dealkylation sites (tertiary alicyclic amines) is 1. The van der Waals surface area contributed by atoms with Crippen molar-refractivity contribution in [3.05, 3.63) is 0 Å². The fourth-order valence-electron chi connectivity index (χ4n) is 3.15. The van der Waals surface area contributed by atoms with Crippen molar-refractivity contribution >= 4 is 13.2 Å². The lowest BCUT2D eigenvalue weighted by Gasteiger charge is -2.37. The van der Waals surface area contributed by atoms with Gasteiger partial charge < -0.3 is 18.9 Å². The Bertz CT molecular complexity index is 442. The van der Waals surface area contributed by atoms with E-state index in [0.29, 0.717) is 12.5 Å². The monoisotopic (exact) mass is 325 g/mol. The summed E-state index contributed by atoms with van der Waals surface area (Å²) < 4.78 is 17.9. The van der Waals surface area contributed by atoms with E-state index in [9.17, 15) is 4.79 Å². The van der Waals surface area contributed by atoms with Gasteiger partial charge in [0.05, 0.1) is 11.2 Å². The first-order chi connectivity index (χ1) is 10.3. The zero-order valence-corrected chi connectivity index (χ0v) is 15.9. The van der Waals surface area contributed by atoms with E-state index in [0.717, 1.165) is 13.0 Å². The maximum atomic E-state index is 12.4. The molecule has 23 heavy (non-hydrogen) atoms. The van der Waals surface area contributed by atoms with Crippen molar-refractivity contribution in [1.29, 1.82) is 0 Å². The zero-order valence-electron chi connectivity index (χ0n) is 15.9. The molecule has 5 nitrogen and oxygen atoms in total. The van der Waals surface area contributed by atoms with Crippen LogP contribution in [-0.2, 0) is 14.0 Å². The molecule has 2 aliphatic rings. The predicted molar refractivity (Wildman–Crippen MR) is 91.4 cm³/mol. The second-order valence-electron chi connectivity index (χ2n) is 9.11. The fraction of sp³-hybridized carbons (Fsp3) is 0.941. The molecule has 0 N–H and O–H groups in total. The van der Waals surface area contributed by atoms with E-state index in [-0.39, 0.29) is 30.2 Å². The Morgan fingerprint density at radius 3 is 2.13 bits per heavy atom. The number of rotatable bonds is 1. The van der Waals surface area contributed by atoms with Crippen LogP contribution in [0, 0.1) is 5.92 Å². The molecule has 2 rings (SSSR count). The quantitative estimate of drug-likeness (QED) is 0.689. The third-order valence-electron chi connectivity index (χ3n) is 5.00. The Kier molecular flexibility index (Phi) is 4.82. The van der Waals surface area contributed by atoms with E-state index >= 15 is 0 Å². The summed E-state index contributed by atoms with van der Waals surface area (Å²) in [5.41, 5.74) is -1.15. The highest BCUT2D eigenvalue weighted by molar-refractivity contribution is 6.47. The molecule has 2 atom stereocenters. The molecule has 0 aliphatic carbocycles.